The molecule has 0 aromatic heterocycles. The fourth-order valence-electron chi connectivity index (χ4n) is 4.31. The van der Waals surface area contributed by atoms with Gasteiger partial charge in [-0.2, -0.15) is 0 Å². The zero-order chi connectivity index (χ0) is 21.7. The molecule has 1 spiro atoms. The predicted octanol–water partition coefficient (Wildman–Crippen LogP) is 2.70. The summed E-state index contributed by atoms with van der Waals surface area (Å²) in [4.78, 5) is 2.16. The fraction of sp³-hybridized carbons (Fsp3) is 0.478. The van der Waals surface area contributed by atoms with E-state index >= 15 is 0 Å². The first kappa shape index (κ1) is 22.4. The molecule has 2 saturated heterocycles. The summed E-state index contributed by atoms with van der Waals surface area (Å²) in [6, 6.07) is 15.9. The maximum Gasteiger partial charge on any atom is 0.215 e. The summed E-state index contributed by atoms with van der Waals surface area (Å²) < 4.78 is 53.8. The zero-order valence-corrected chi connectivity index (χ0v) is 18.3. The molecule has 0 bridgehead atoms. The van der Waals surface area contributed by atoms with Gasteiger partial charge in [0.1, 0.15) is 11.4 Å². The minimum Gasteiger partial charge on any atom is -0.377 e. The number of nitrogens with zero attached hydrogens (tertiary/aromatic N) is 1. The Labute approximate surface area is 183 Å². The Kier molecular flexibility index (Phi) is 7.03. The number of halogens is 1. The van der Waals surface area contributed by atoms with E-state index in [2.05, 4.69) is 9.62 Å². The van der Waals surface area contributed by atoms with Gasteiger partial charge in [0.2, 0.25) is 10.0 Å². The quantitative estimate of drug-likeness (QED) is 0.706. The van der Waals surface area contributed by atoms with Gasteiger partial charge >= 0.3 is 0 Å². The van der Waals surface area contributed by atoms with Gasteiger partial charge in [0.15, 0.2) is 0 Å². The topological polar surface area (TPSA) is 67.9 Å². The Hall–Kier alpha value is -1.84. The molecule has 8 heteroatoms. The van der Waals surface area contributed by atoms with Gasteiger partial charge in [-0.15, -0.1) is 0 Å². The van der Waals surface area contributed by atoms with Crippen LogP contribution in [0.3, 0.4) is 0 Å². The maximum atomic E-state index is 14.1. The van der Waals surface area contributed by atoms with Crippen molar-refractivity contribution in [1.29, 1.82) is 0 Å². The lowest BCUT2D eigenvalue weighted by Crippen LogP contribution is -2.45. The molecule has 0 radical (unpaired) electrons. The van der Waals surface area contributed by atoms with Crippen LogP contribution < -0.4 is 4.72 Å². The minimum atomic E-state index is -3.44. The summed E-state index contributed by atoms with van der Waals surface area (Å²) in [7, 11) is -3.44. The molecule has 6 nitrogen and oxygen atoms in total. The van der Waals surface area contributed by atoms with Crippen molar-refractivity contribution in [2.24, 2.45) is 0 Å². The molecule has 2 aromatic carbocycles. The van der Waals surface area contributed by atoms with E-state index in [9.17, 15) is 12.8 Å². The molecule has 2 aromatic rings. The fourth-order valence-corrected chi connectivity index (χ4v) is 5.49. The normalized spacial score (nSPS) is 25.0. The highest BCUT2D eigenvalue weighted by molar-refractivity contribution is 7.88. The summed E-state index contributed by atoms with van der Waals surface area (Å²) in [5.41, 5.74) is 0.916. The number of rotatable bonds is 7. The smallest absolute Gasteiger partial charge is 0.215 e. The van der Waals surface area contributed by atoms with E-state index in [4.69, 9.17) is 9.47 Å². The summed E-state index contributed by atoms with van der Waals surface area (Å²) in [5, 5.41) is 0. The lowest BCUT2D eigenvalue weighted by Gasteiger charge is -2.32. The highest BCUT2D eigenvalue weighted by atomic mass is 32.2. The first-order valence-corrected chi connectivity index (χ1v) is 12.3. The number of benzene rings is 2. The van der Waals surface area contributed by atoms with Gasteiger partial charge in [0, 0.05) is 31.7 Å². The Morgan fingerprint density at radius 3 is 2.71 bits per heavy atom. The molecule has 168 valence electrons. The van der Waals surface area contributed by atoms with Crippen molar-refractivity contribution < 1.29 is 22.3 Å². The van der Waals surface area contributed by atoms with Gasteiger partial charge in [0.25, 0.3) is 0 Å². The second-order valence-corrected chi connectivity index (χ2v) is 10.2. The molecule has 2 aliphatic rings. The molecule has 2 aliphatic heterocycles. The summed E-state index contributed by atoms with van der Waals surface area (Å²) >= 11 is 0. The van der Waals surface area contributed by atoms with Crippen LogP contribution in [0.15, 0.2) is 54.6 Å². The molecule has 1 N–H and O–H groups in total. The largest absolute Gasteiger partial charge is 0.377 e. The monoisotopic (exact) mass is 448 g/mol. The van der Waals surface area contributed by atoms with E-state index in [-0.39, 0.29) is 24.2 Å². The molecule has 31 heavy (non-hydrogen) atoms. The van der Waals surface area contributed by atoms with Crippen molar-refractivity contribution in [2.45, 2.75) is 36.8 Å². The average molecular weight is 449 g/mol. The highest BCUT2D eigenvalue weighted by Gasteiger charge is 2.43. The third-order valence-electron chi connectivity index (χ3n) is 5.85. The van der Waals surface area contributed by atoms with Crippen LogP contribution in [0.5, 0.6) is 0 Å². The lowest BCUT2D eigenvalue weighted by molar-refractivity contribution is -0.0844. The van der Waals surface area contributed by atoms with Crippen molar-refractivity contribution in [3.05, 3.63) is 71.5 Å². The second-order valence-electron chi connectivity index (χ2n) is 8.41. The van der Waals surface area contributed by atoms with Crippen molar-refractivity contribution in [3.8, 4) is 0 Å². The van der Waals surface area contributed by atoms with Crippen LogP contribution in [0.1, 0.15) is 24.0 Å². The van der Waals surface area contributed by atoms with Crippen LogP contribution in [0.2, 0.25) is 0 Å². The highest BCUT2D eigenvalue weighted by Crippen LogP contribution is 2.33. The number of nitrogens with one attached hydrogen (secondary N) is 1. The summed E-state index contributed by atoms with van der Waals surface area (Å²) in [6.45, 7) is 3.10. The number of ether oxygens (including phenoxy) is 2. The molecular formula is C23H29FN2O4S. The third kappa shape index (κ3) is 6.11. The second kappa shape index (κ2) is 9.75. The average Bonchev–Trinajstić information content (AvgIpc) is 3.03. The summed E-state index contributed by atoms with van der Waals surface area (Å²) in [5.74, 6) is -0.259. The Morgan fingerprint density at radius 2 is 1.90 bits per heavy atom. The Morgan fingerprint density at radius 1 is 1.13 bits per heavy atom. The number of hydrogen-bond acceptors (Lipinski definition) is 5. The molecule has 2 heterocycles. The minimum absolute atomic E-state index is 0.0504. The van der Waals surface area contributed by atoms with Crippen LogP contribution >= 0.6 is 0 Å². The summed E-state index contributed by atoms with van der Waals surface area (Å²) in [6.07, 6.45) is 1.33. The van der Waals surface area contributed by atoms with Crippen LogP contribution in [0.25, 0.3) is 0 Å². The zero-order valence-electron chi connectivity index (χ0n) is 17.5. The molecule has 2 unspecified atom stereocenters. The van der Waals surface area contributed by atoms with Crippen LogP contribution in [0.4, 0.5) is 4.39 Å². The first-order chi connectivity index (χ1) is 14.9. The molecule has 2 atom stereocenters. The van der Waals surface area contributed by atoms with Gasteiger partial charge in [-0.1, -0.05) is 48.5 Å². The number of hydrogen-bond donors (Lipinski definition) is 1. The van der Waals surface area contributed by atoms with Gasteiger partial charge < -0.3 is 9.47 Å². The van der Waals surface area contributed by atoms with Crippen molar-refractivity contribution >= 4 is 10.0 Å². The van der Waals surface area contributed by atoms with E-state index < -0.39 is 15.6 Å². The van der Waals surface area contributed by atoms with Gasteiger partial charge in [-0.25, -0.2) is 17.5 Å². The standard InChI is InChI=1S/C23H29FN2O4S/c24-22-9-5-4-8-20(22)15-26-12-13-29-18-23(17-26)11-10-21(30-23)14-25-31(27,28)16-19-6-2-1-3-7-19/h1-9,21,25H,10-18H2. The maximum absolute atomic E-state index is 14.1. The van der Waals surface area contributed by atoms with E-state index in [0.29, 0.717) is 38.4 Å². The first-order valence-electron chi connectivity index (χ1n) is 10.7. The van der Waals surface area contributed by atoms with Crippen LogP contribution in [0, 0.1) is 5.82 Å². The Balaban J connectivity index is 1.33. The van der Waals surface area contributed by atoms with Crippen molar-refractivity contribution in [3.63, 3.8) is 0 Å². The van der Waals surface area contributed by atoms with Gasteiger partial charge in [-0.05, 0) is 24.5 Å². The third-order valence-corrected chi connectivity index (χ3v) is 7.17. The molecular weight excluding hydrogens is 419 g/mol. The molecule has 0 aliphatic carbocycles. The molecule has 0 saturated carbocycles. The van der Waals surface area contributed by atoms with E-state index in [1.54, 1.807) is 24.3 Å². The van der Waals surface area contributed by atoms with Crippen LogP contribution in [-0.4, -0.2) is 57.9 Å². The van der Waals surface area contributed by atoms with Gasteiger partial charge in [0.05, 0.1) is 25.1 Å². The molecule has 2 fully saturated rings. The van der Waals surface area contributed by atoms with Crippen molar-refractivity contribution in [2.75, 3.05) is 32.8 Å². The predicted molar refractivity (Wildman–Crippen MR) is 116 cm³/mol. The van der Waals surface area contributed by atoms with Crippen LogP contribution in [-0.2, 0) is 31.8 Å². The van der Waals surface area contributed by atoms with Gasteiger partial charge in [-0.3, -0.25) is 4.90 Å². The van der Waals surface area contributed by atoms with E-state index in [1.807, 2.05) is 24.3 Å². The van der Waals surface area contributed by atoms with E-state index in [0.717, 1.165) is 18.4 Å². The number of sulfonamides is 1. The Bertz CT molecular complexity index is 973. The molecule has 4 rings (SSSR count). The van der Waals surface area contributed by atoms with Crippen molar-refractivity contribution in [1.82, 2.24) is 9.62 Å². The SMILES string of the molecule is O=S(=O)(Cc1ccccc1)NCC1CCC2(COCCN(Cc3ccccc3F)C2)O1. The van der Waals surface area contributed by atoms with E-state index in [1.165, 1.54) is 6.07 Å². The lowest BCUT2D eigenvalue weighted by atomic mass is 10.00. The molecule has 0 amide bonds.